The summed E-state index contributed by atoms with van der Waals surface area (Å²) in [4.78, 5) is 12.4. The van der Waals surface area contributed by atoms with Gasteiger partial charge in [0.25, 0.3) is 0 Å². The van der Waals surface area contributed by atoms with E-state index >= 15 is 0 Å². The first-order chi connectivity index (χ1) is 14.0. The van der Waals surface area contributed by atoms with Crippen molar-refractivity contribution in [3.8, 4) is 0 Å². The molecule has 1 heterocycles. The number of halogens is 2. The molecule has 3 aromatic rings. The molecule has 0 aliphatic carbocycles. The third-order valence-electron chi connectivity index (χ3n) is 4.47. The number of rotatable bonds is 8. The lowest BCUT2D eigenvalue weighted by atomic mass is 10.1. The quantitative estimate of drug-likeness (QED) is 0.483. The maximum absolute atomic E-state index is 12.4. The zero-order valence-corrected chi connectivity index (χ0v) is 18.6. The van der Waals surface area contributed by atoms with Crippen LogP contribution >= 0.6 is 35.0 Å². The van der Waals surface area contributed by atoms with Crippen molar-refractivity contribution in [1.29, 1.82) is 0 Å². The fourth-order valence-corrected chi connectivity index (χ4v) is 4.07. The predicted octanol–water partition coefficient (Wildman–Crippen LogP) is 5.17. The minimum Gasteiger partial charge on any atom is -0.349 e. The van der Waals surface area contributed by atoms with E-state index in [1.807, 2.05) is 42.7 Å². The molecule has 0 fully saturated rings. The van der Waals surface area contributed by atoms with Crippen LogP contribution in [0.1, 0.15) is 36.8 Å². The fraction of sp³-hybridized carbons (Fsp3) is 0.286. The normalized spacial score (nSPS) is 12.0. The van der Waals surface area contributed by atoms with Crippen molar-refractivity contribution >= 4 is 40.9 Å². The first-order valence-electron chi connectivity index (χ1n) is 9.31. The summed E-state index contributed by atoms with van der Waals surface area (Å²) < 4.78 is 2.05. The van der Waals surface area contributed by atoms with Crippen LogP contribution in [0.3, 0.4) is 0 Å². The van der Waals surface area contributed by atoms with Crippen LogP contribution in [-0.4, -0.2) is 26.4 Å². The topological polar surface area (TPSA) is 59.8 Å². The van der Waals surface area contributed by atoms with Gasteiger partial charge in [0.1, 0.15) is 5.82 Å². The van der Waals surface area contributed by atoms with E-state index in [1.165, 1.54) is 17.3 Å². The molecule has 0 saturated carbocycles. The summed E-state index contributed by atoms with van der Waals surface area (Å²) in [5.41, 5.74) is 2.08. The number of hydrogen-bond donors (Lipinski definition) is 1. The molecule has 5 nitrogen and oxygen atoms in total. The molecule has 29 heavy (non-hydrogen) atoms. The summed E-state index contributed by atoms with van der Waals surface area (Å²) in [6.45, 7) is 4.71. The summed E-state index contributed by atoms with van der Waals surface area (Å²) in [7, 11) is 0. The van der Waals surface area contributed by atoms with Crippen molar-refractivity contribution < 1.29 is 4.79 Å². The summed E-state index contributed by atoms with van der Waals surface area (Å²) in [6.07, 6.45) is 0.711. The van der Waals surface area contributed by atoms with Crippen LogP contribution in [0.15, 0.2) is 53.7 Å². The van der Waals surface area contributed by atoms with Crippen LogP contribution in [0, 0.1) is 0 Å². The molecule has 0 spiro atoms. The molecule has 1 unspecified atom stereocenters. The van der Waals surface area contributed by atoms with Crippen molar-refractivity contribution in [2.24, 2.45) is 0 Å². The van der Waals surface area contributed by atoms with Gasteiger partial charge in [-0.2, -0.15) is 0 Å². The molecule has 2 aromatic carbocycles. The largest absolute Gasteiger partial charge is 0.349 e. The SMILES string of the molecule is CCn1c(Cc2ccccc2)nnc1SCC(=O)NC(C)c1ccc(Cl)c(Cl)c1. The van der Waals surface area contributed by atoms with Crippen LogP contribution in [0.2, 0.25) is 10.0 Å². The van der Waals surface area contributed by atoms with Gasteiger partial charge in [-0.25, -0.2) is 0 Å². The molecule has 1 amide bonds. The number of amides is 1. The number of hydrogen-bond acceptors (Lipinski definition) is 4. The Balaban J connectivity index is 1.59. The summed E-state index contributed by atoms with van der Waals surface area (Å²) >= 11 is 13.4. The van der Waals surface area contributed by atoms with E-state index in [4.69, 9.17) is 23.2 Å². The van der Waals surface area contributed by atoms with Crippen LogP contribution in [-0.2, 0) is 17.8 Å². The third-order valence-corrected chi connectivity index (χ3v) is 6.17. The number of carbonyl (C=O) groups is 1. The maximum atomic E-state index is 12.4. The van der Waals surface area contributed by atoms with Crippen LogP contribution < -0.4 is 5.32 Å². The smallest absolute Gasteiger partial charge is 0.230 e. The average Bonchev–Trinajstić information content (AvgIpc) is 3.10. The Morgan fingerprint density at radius 1 is 1.14 bits per heavy atom. The molecule has 1 N–H and O–H groups in total. The Morgan fingerprint density at radius 3 is 2.59 bits per heavy atom. The van der Waals surface area contributed by atoms with Gasteiger partial charge in [-0.15, -0.1) is 10.2 Å². The van der Waals surface area contributed by atoms with Crippen molar-refractivity contribution in [3.05, 3.63) is 75.5 Å². The first-order valence-corrected chi connectivity index (χ1v) is 11.0. The van der Waals surface area contributed by atoms with E-state index in [2.05, 4.69) is 27.6 Å². The zero-order chi connectivity index (χ0) is 20.8. The second-order valence-corrected chi connectivity index (χ2v) is 8.31. The molecule has 1 atom stereocenters. The van der Waals surface area contributed by atoms with E-state index in [0.29, 0.717) is 16.5 Å². The van der Waals surface area contributed by atoms with Crippen LogP contribution in [0.4, 0.5) is 0 Å². The number of aromatic nitrogens is 3. The molecule has 152 valence electrons. The molecule has 8 heteroatoms. The highest BCUT2D eigenvalue weighted by molar-refractivity contribution is 7.99. The molecular weight excluding hydrogens is 427 g/mol. The van der Waals surface area contributed by atoms with Crippen molar-refractivity contribution in [3.63, 3.8) is 0 Å². The average molecular weight is 449 g/mol. The van der Waals surface area contributed by atoms with Gasteiger partial charge >= 0.3 is 0 Å². The molecule has 0 radical (unpaired) electrons. The lowest BCUT2D eigenvalue weighted by molar-refractivity contribution is -0.119. The lowest BCUT2D eigenvalue weighted by Crippen LogP contribution is -2.28. The molecule has 0 saturated heterocycles. The van der Waals surface area contributed by atoms with Crippen LogP contribution in [0.5, 0.6) is 0 Å². The van der Waals surface area contributed by atoms with E-state index in [1.54, 1.807) is 12.1 Å². The summed E-state index contributed by atoms with van der Waals surface area (Å²) in [5, 5.41) is 13.3. The minimum absolute atomic E-state index is 0.0798. The van der Waals surface area contributed by atoms with E-state index in [0.717, 1.165) is 23.1 Å². The first kappa shape index (κ1) is 21.7. The van der Waals surface area contributed by atoms with E-state index in [-0.39, 0.29) is 17.7 Å². The number of thioether (sulfide) groups is 1. The highest BCUT2D eigenvalue weighted by Crippen LogP contribution is 2.26. The Bertz CT molecular complexity index is 978. The number of benzene rings is 2. The van der Waals surface area contributed by atoms with E-state index in [9.17, 15) is 4.79 Å². The predicted molar refractivity (Wildman–Crippen MR) is 119 cm³/mol. The highest BCUT2D eigenvalue weighted by Gasteiger charge is 2.15. The number of nitrogens with zero attached hydrogens (tertiary/aromatic N) is 3. The second kappa shape index (κ2) is 10.1. The Morgan fingerprint density at radius 2 is 1.90 bits per heavy atom. The minimum atomic E-state index is -0.171. The molecule has 0 aliphatic rings. The van der Waals surface area contributed by atoms with Gasteiger partial charge in [0.2, 0.25) is 5.91 Å². The molecule has 3 rings (SSSR count). The van der Waals surface area contributed by atoms with E-state index < -0.39 is 0 Å². The lowest BCUT2D eigenvalue weighted by Gasteiger charge is -2.15. The van der Waals surface area contributed by atoms with Crippen molar-refractivity contribution in [2.45, 2.75) is 38.0 Å². The van der Waals surface area contributed by atoms with Gasteiger partial charge in [-0.3, -0.25) is 4.79 Å². The second-order valence-electron chi connectivity index (χ2n) is 6.56. The monoisotopic (exact) mass is 448 g/mol. The Hall–Kier alpha value is -2.02. The van der Waals surface area contributed by atoms with Gasteiger partial charge in [0.15, 0.2) is 5.16 Å². The summed E-state index contributed by atoms with van der Waals surface area (Å²) in [5.74, 6) is 1.07. The fourth-order valence-electron chi connectivity index (χ4n) is 2.93. The van der Waals surface area contributed by atoms with Crippen molar-refractivity contribution in [1.82, 2.24) is 20.1 Å². The van der Waals surface area contributed by atoms with Crippen molar-refractivity contribution in [2.75, 3.05) is 5.75 Å². The number of nitrogens with one attached hydrogen (secondary N) is 1. The van der Waals surface area contributed by atoms with Gasteiger partial charge in [-0.1, -0.05) is 71.4 Å². The van der Waals surface area contributed by atoms with Gasteiger partial charge in [0.05, 0.1) is 21.8 Å². The molecular formula is C21H22Cl2N4OS. The highest BCUT2D eigenvalue weighted by atomic mass is 35.5. The molecule has 0 bridgehead atoms. The Labute approximate surface area is 184 Å². The molecule has 1 aromatic heterocycles. The van der Waals surface area contributed by atoms with Gasteiger partial charge in [-0.05, 0) is 37.1 Å². The zero-order valence-electron chi connectivity index (χ0n) is 16.2. The standard InChI is InChI=1S/C21H22Cl2N4OS/c1-3-27-19(11-15-7-5-4-6-8-15)25-26-21(27)29-13-20(28)24-14(2)16-9-10-17(22)18(23)12-16/h4-10,12,14H,3,11,13H2,1-2H3,(H,24,28). The molecule has 0 aliphatic heterocycles. The summed E-state index contributed by atoms with van der Waals surface area (Å²) in [6, 6.07) is 15.3. The van der Waals surface area contributed by atoms with Gasteiger partial charge < -0.3 is 9.88 Å². The van der Waals surface area contributed by atoms with Gasteiger partial charge in [0, 0.05) is 13.0 Å². The third kappa shape index (κ3) is 5.75. The maximum Gasteiger partial charge on any atom is 0.230 e. The number of carbonyl (C=O) groups excluding carboxylic acids is 1. The Kier molecular flexibility index (Phi) is 7.58. The van der Waals surface area contributed by atoms with Crippen LogP contribution in [0.25, 0.3) is 0 Å².